The first kappa shape index (κ1) is 9.73. The highest BCUT2D eigenvalue weighted by Gasteiger charge is 2.15. The molecule has 0 fully saturated rings. The van der Waals surface area contributed by atoms with Crippen molar-refractivity contribution in [3.63, 3.8) is 0 Å². The van der Waals surface area contributed by atoms with Crippen LogP contribution < -0.4 is 0 Å². The molecule has 5 nitrogen and oxygen atoms in total. The number of carbonyl (C=O) groups is 1. The molecule has 0 radical (unpaired) electrons. The topological polar surface area (TPSA) is 72.6 Å². The minimum absolute atomic E-state index is 0.0434. The lowest BCUT2D eigenvalue weighted by Gasteiger charge is -2.03. The summed E-state index contributed by atoms with van der Waals surface area (Å²) in [6, 6.07) is 1.41. The van der Waals surface area contributed by atoms with E-state index in [9.17, 15) is 4.79 Å². The molecule has 1 rings (SSSR count). The maximum absolute atomic E-state index is 10.4. The molecule has 0 aliphatic carbocycles. The Labute approximate surface area is 75.3 Å². The molecule has 13 heavy (non-hydrogen) atoms. The Balaban J connectivity index is 2.73. The van der Waals surface area contributed by atoms with E-state index in [-0.39, 0.29) is 11.7 Å². The summed E-state index contributed by atoms with van der Waals surface area (Å²) in [6.07, 6.45) is 0. The van der Waals surface area contributed by atoms with Crippen molar-refractivity contribution >= 4 is 5.97 Å². The van der Waals surface area contributed by atoms with Crippen LogP contribution in [0.25, 0.3) is 0 Å². The summed E-state index contributed by atoms with van der Waals surface area (Å²) in [5.74, 6) is -1.21. The number of ether oxygens (including phenoxy) is 1. The van der Waals surface area contributed by atoms with Crippen LogP contribution in [0.1, 0.15) is 29.1 Å². The molecule has 72 valence electrons. The van der Waals surface area contributed by atoms with Gasteiger partial charge in [0.15, 0.2) is 0 Å². The van der Waals surface area contributed by atoms with Crippen molar-refractivity contribution in [2.24, 2.45) is 0 Å². The molecule has 0 spiro atoms. The second-order valence-electron chi connectivity index (χ2n) is 2.78. The predicted molar refractivity (Wildman–Crippen MR) is 43.8 cm³/mol. The fourth-order valence-corrected chi connectivity index (χ4v) is 0.957. The quantitative estimate of drug-likeness (QED) is 0.760. The maximum atomic E-state index is 10.4. The van der Waals surface area contributed by atoms with Gasteiger partial charge in [-0.3, -0.25) is 0 Å². The number of hydrogen-bond donors (Lipinski definition) is 1. The van der Waals surface area contributed by atoms with Gasteiger partial charge in [-0.25, -0.2) is 4.79 Å². The van der Waals surface area contributed by atoms with Crippen LogP contribution in [-0.2, 0) is 4.74 Å². The zero-order valence-electron chi connectivity index (χ0n) is 7.48. The second-order valence-corrected chi connectivity index (χ2v) is 2.78. The second kappa shape index (κ2) is 4.04. The smallest absolute Gasteiger partial charge is 0.374 e. The van der Waals surface area contributed by atoms with Crippen LogP contribution in [0.2, 0.25) is 0 Å². The van der Waals surface area contributed by atoms with E-state index in [1.807, 2.05) is 6.92 Å². The molecule has 1 atom stereocenters. The van der Waals surface area contributed by atoms with Gasteiger partial charge in [0.05, 0.1) is 12.3 Å². The fourth-order valence-electron chi connectivity index (χ4n) is 0.957. The molecule has 1 aromatic heterocycles. The van der Waals surface area contributed by atoms with E-state index in [0.29, 0.717) is 12.3 Å². The molecule has 1 N–H and O–H groups in total. The van der Waals surface area contributed by atoms with E-state index in [1.54, 1.807) is 7.11 Å². The lowest BCUT2D eigenvalue weighted by atomic mass is 10.1. The Morgan fingerprint density at radius 3 is 3.00 bits per heavy atom. The van der Waals surface area contributed by atoms with Crippen molar-refractivity contribution in [2.45, 2.75) is 12.8 Å². The van der Waals surface area contributed by atoms with Gasteiger partial charge in [0.25, 0.3) is 0 Å². The highest BCUT2D eigenvalue weighted by Crippen LogP contribution is 2.15. The summed E-state index contributed by atoms with van der Waals surface area (Å²) in [6.45, 7) is 2.37. The lowest BCUT2D eigenvalue weighted by molar-refractivity contribution is 0.0652. The SMILES string of the molecule is COCC(C)c1cc(C(=O)O)on1. The van der Waals surface area contributed by atoms with Crippen LogP contribution >= 0.6 is 0 Å². The maximum Gasteiger partial charge on any atom is 0.374 e. The molecule has 0 aromatic carbocycles. The number of rotatable bonds is 4. The third-order valence-corrected chi connectivity index (χ3v) is 1.66. The molecular weight excluding hydrogens is 174 g/mol. The fraction of sp³-hybridized carbons (Fsp3) is 0.500. The number of methoxy groups -OCH3 is 1. The van der Waals surface area contributed by atoms with Gasteiger partial charge in [-0.05, 0) is 0 Å². The van der Waals surface area contributed by atoms with Crippen LogP contribution in [0.4, 0.5) is 0 Å². The Morgan fingerprint density at radius 1 is 1.85 bits per heavy atom. The molecule has 0 amide bonds. The van der Waals surface area contributed by atoms with E-state index in [1.165, 1.54) is 6.07 Å². The van der Waals surface area contributed by atoms with Gasteiger partial charge in [0, 0.05) is 19.1 Å². The summed E-state index contributed by atoms with van der Waals surface area (Å²) in [7, 11) is 1.58. The van der Waals surface area contributed by atoms with Gasteiger partial charge in [0.2, 0.25) is 5.76 Å². The van der Waals surface area contributed by atoms with Gasteiger partial charge >= 0.3 is 5.97 Å². The Morgan fingerprint density at radius 2 is 2.54 bits per heavy atom. The molecule has 0 saturated heterocycles. The van der Waals surface area contributed by atoms with Crippen molar-refractivity contribution in [3.8, 4) is 0 Å². The zero-order valence-corrected chi connectivity index (χ0v) is 7.48. The number of aromatic nitrogens is 1. The van der Waals surface area contributed by atoms with E-state index < -0.39 is 5.97 Å². The lowest BCUT2D eigenvalue weighted by Crippen LogP contribution is -2.01. The summed E-state index contributed by atoms with van der Waals surface area (Å²) in [5, 5.41) is 12.2. The van der Waals surface area contributed by atoms with Crippen molar-refractivity contribution in [1.29, 1.82) is 0 Å². The summed E-state index contributed by atoms with van der Waals surface area (Å²) in [4.78, 5) is 10.4. The first-order valence-corrected chi connectivity index (χ1v) is 3.84. The largest absolute Gasteiger partial charge is 0.475 e. The Kier molecular flexibility index (Phi) is 3.02. The Bertz CT molecular complexity index is 294. The number of carboxylic acids is 1. The highest BCUT2D eigenvalue weighted by molar-refractivity contribution is 5.84. The predicted octanol–water partition coefficient (Wildman–Crippen LogP) is 1.12. The van der Waals surface area contributed by atoms with Crippen molar-refractivity contribution in [2.75, 3.05) is 13.7 Å². The van der Waals surface area contributed by atoms with E-state index in [4.69, 9.17) is 9.84 Å². The van der Waals surface area contributed by atoms with E-state index in [2.05, 4.69) is 9.68 Å². The standard InChI is InChI=1S/C8H11NO4/c1-5(4-12-2)6-3-7(8(10)11)13-9-6/h3,5H,4H2,1-2H3,(H,10,11). The van der Waals surface area contributed by atoms with Gasteiger partial charge in [-0.15, -0.1) is 0 Å². The van der Waals surface area contributed by atoms with Gasteiger partial charge in [0.1, 0.15) is 0 Å². The van der Waals surface area contributed by atoms with Gasteiger partial charge in [-0.1, -0.05) is 12.1 Å². The third-order valence-electron chi connectivity index (χ3n) is 1.66. The summed E-state index contributed by atoms with van der Waals surface area (Å²) < 4.78 is 9.49. The molecule has 5 heteroatoms. The molecule has 0 saturated carbocycles. The molecular formula is C8H11NO4. The summed E-state index contributed by atoms with van der Waals surface area (Å²) in [5.41, 5.74) is 0.597. The van der Waals surface area contributed by atoms with Crippen LogP contribution in [0.3, 0.4) is 0 Å². The molecule has 1 heterocycles. The summed E-state index contributed by atoms with van der Waals surface area (Å²) >= 11 is 0. The monoisotopic (exact) mass is 185 g/mol. The number of nitrogens with zero attached hydrogens (tertiary/aromatic N) is 1. The zero-order chi connectivity index (χ0) is 9.84. The average molecular weight is 185 g/mol. The molecule has 0 aliphatic rings. The number of aromatic carboxylic acids is 1. The van der Waals surface area contributed by atoms with Crippen molar-refractivity contribution < 1.29 is 19.2 Å². The van der Waals surface area contributed by atoms with Gasteiger partial charge in [-0.2, -0.15) is 0 Å². The van der Waals surface area contributed by atoms with Gasteiger partial charge < -0.3 is 14.4 Å². The number of carboxylic acid groups (broad SMARTS) is 1. The van der Waals surface area contributed by atoms with Crippen LogP contribution in [0.5, 0.6) is 0 Å². The minimum Gasteiger partial charge on any atom is -0.475 e. The van der Waals surface area contributed by atoms with Crippen molar-refractivity contribution in [3.05, 3.63) is 17.5 Å². The highest BCUT2D eigenvalue weighted by atomic mass is 16.5. The third kappa shape index (κ3) is 2.29. The van der Waals surface area contributed by atoms with Crippen molar-refractivity contribution in [1.82, 2.24) is 5.16 Å². The minimum atomic E-state index is -1.11. The van der Waals surface area contributed by atoms with E-state index >= 15 is 0 Å². The molecule has 1 aromatic rings. The number of hydrogen-bond acceptors (Lipinski definition) is 4. The first-order chi connectivity index (χ1) is 6.15. The molecule has 0 aliphatic heterocycles. The van der Waals surface area contributed by atoms with Crippen LogP contribution in [0, 0.1) is 0 Å². The normalized spacial score (nSPS) is 12.8. The molecule has 0 bridgehead atoms. The van der Waals surface area contributed by atoms with Crippen LogP contribution in [0.15, 0.2) is 10.6 Å². The average Bonchev–Trinajstić information content (AvgIpc) is 2.52. The van der Waals surface area contributed by atoms with Crippen LogP contribution in [-0.4, -0.2) is 29.9 Å². The Hall–Kier alpha value is -1.36. The van der Waals surface area contributed by atoms with E-state index in [0.717, 1.165) is 0 Å². The first-order valence-electron chi connectivity index (χ1n) is 3.84. The molecule has 1 unspecified atom stereocenters.